The van der Waals surface area contributed by atoms with E-state index in [1.807, 2.05) is 54.6 Å². The molecule has 5 rings (SSSR count). The molecule has 0 spiro atoms. The number of para-hydroxylation sites is 1. The van der Waals surface area contributed by atoms with Crippen LogP contribution in [0.15, 0.2) is 54.6 Å². The van der Waals surface area contributed by atoms with Crippen molar-refractivity contribution in [1.29, 1.82) is 0 Å². The first-order valence-electron chi connectivity index (χ1n) is 9.79. The maximum atomic E-state index is 13.4. The summed E-state index contributed by atoms with van der Waals surface area (Å²) in [5, 5.41) is 12.1. The number of benzene rings is 2. The van der Waals surface area contributed by atoms with Gasteiger partial charge in [0.1, 0.15) is 5.82 Å². The van der Waals surface area contributed by atoms with Crippen molar-refractivity contribution in [2.24, 2.45) is 11.7 Å². The number of amides is 2. The van der Waals surface area contributed by atoms with Crippen molar-refractivity contribution in [3.63, 3.8) is 0 Å². The molecule has 30 heavy (non-hydrogen) atoms. The van der Waals surface area contributed by atoms with Gasteiger partial charge in [0.2, 0.25) is 11.7 Å². The average Bonchev–Trinajstić information content (AvgIpc) is 3.33. The zero-order valence-corrected chi connectivity index (χ0v) is 16.1. The molecule has 4 aromatic rings. The third-order valence-corrected chi connectivity index (χ3v) is 5.67. The molecule has 3 heterocycles. The summed E-state index contributed by atoms with van der Waals surface area (Å²) in [6.07, 6.45) is 1.31. The van der Waals surface area contributed by atoms with Crippen molar-refractivity contribution in [3.05, 3.63) is 77.5 Å². The van der Waals surface area contributed by atoms with E-state index in [1.165, 1.54) is 0 Å². The quantitative estimate of drug-likeness (QED) is 0.420. The Kier molecular flexibility index (Phi) is 4.31. The van der Waals surface area contributed by atoms with Gasteiger partial charge in [0.15, 0.2) is 0 Å². The van der Waals surface area contributed by atoms with Crippen LogP contribution in [-0.2, 0) is 11.2 Å². The number of nitrogens with one attached hydrogen (secondary N) is 3. The Labute approximate surface area is 171 Å². The number of carbonyl (C=O) groups excluding carboxylic acids is 2. The Morgan fingerprint density at radius 3 is 2.57 bits per heavy atom. The summed E-state index contributed by atoms with van der Waals surface area (Å²) in [5.41, 5.74) is 9.10. The lowest BCUT2D eigenvalue weighted by Gasteiger charge is -2.23. The third kappa shape index (κ3) is 3.02. The SMILES string of the molecule is NC(=O)c1nnc(C(c2ccccc2)C2CCc3[nH]c4ccccc4c3NC2=O)[nH]1. The number of nitrogens with two attached hydrogens (primary N) is 1. The van der Waals surface area contributed by atoms with E-state index >= 15 is 0 Å². The molecule has 0 saturated carbocycles. The van der Waals surface area contributed by atoms with Crippen LogP contribution in [0.3, 0.4) is 0 Å². The Morgan fingerprint density at radius 2 is 1.80 bits per heavy atom. The number of hydrogen-bond acceptors (Lipinski definition) is 4. The average molecular weight is 400 g/mol. The number of carbonyl (C=O) groups is 2. The van der Waals surface area contributed by atoms with Crippen molar-refractivity contribution < 1.29 is 9.59 Å². The molecule has 0 radical (unpaired) electrons. The lowest BCUT2D eigenvalue weighted by molar-refractivity contribution is -0.120. The molecule has 0 aliphatic carbocycles. The van der Waals surface area contributed by atoms with Crippen LogP contribution in [0.4, 0.5) is 5.69 Å². The molecule has 2 unspecified atom stereocenters. The largest absolute Gasteiger partial charge is 0.363 e. The second kappa shape index (κ2) is 7.14. The van der Waals surface area contributed by atoms with Gasteiger partial charge >= 0.3 is 0 Å². The fourth-order valence-corrected chi connectivity index (χ4v) is 4.26. The number of nitrogens with zero attached hydrogens (tertiary/aromatic N) is 2. The first-order valence-corrected chi connectivity index (χ1v) is 9.79. The van der Waals surface area contributed by atoms with Gasteiger partial charge in [-0.25, -0.2) is 0 Å². The number of aryl methyl sites for hydroxylation is 1. The molecular formula is C22H20N6O2. The Bertz CT molecular complexity index is 1240. The fourth-order valence-electron chi connectivity index (χ4n) is 4.26. The molecule has 8 heteroatoms. The smallest absolute Gasteiger partial charge is 0.286 e. The topological polar surface area (TPSA) is 130 Å². The van der Waals surface area contributed by atoms with Crippen LogP contribution < -0.4 is 11.1 Å². The molecule has 2 aromatic carbocycles. The highest BCUT2D eigenvalue weighted by molar-refractivity contribution is 6.04. The molecule has 150 valence electrons. The zero-order valence-electron chi connectivity index (χ0n) is 16.1. The highest BCUT2D eigenvalue weighted by Gasteiger charge is 2.36. The van der Waals surface area contributed by atoms with Gasteiger partial charge in [0.05, 0.1) is 17.5 Å². The van der Waals surface area contributed by atoms with Crippen LogP contribution in [-0.4, -0.2) is 32.0 Å². The van der Waals surface area contributed by atoms with Crippen LogP contribution in [0.25, 0.3) is 10.9 Å². The highest BCUT2D eigenvalue weighted by atomic mass is 16.2. The minimum atomic E-state index is -0.688. The Hall–Kier alpha value is -3.94. The van der Waals surface area contributed by atoms with Crippen molar-refractivity contribution in [2.45, 2.75) is 18.8 Å². The molecule has 2 amide bonds. The summed E-state index contributed by atoms with van der Waals surface area (Å²) in [6, 6.07) is 17.6. The van der Waals surface area contributed by atoms with Gasteiger partial charge in [-0.1, -0.05) is 48.5 Å². The standard InChI is InChI=1S/C22H20N6O2/c23-19(29)21-26-20(27-28-21)17(12-6-2-1-3-7-12)14-10-11-16-18(25-22(14)30)13-8-4-5-9-15(13)24-16/h1-9,14,17,24H,10-11H2,(H2,23,29)(H,25,30)(H,26,27,28). The molecule has 0 bridgehead atoms. The first-order chi connectivity index (χ1) is 14.6. The summed E-state index contributed by atoms with van der Waals surface area (Å²) in [7, 11) is 0. The van der Waals surface area contributed by atoms with Gasteiger partial charge in [0, 0.05) is 16.6 Å². The summed E-state index contributed by atoms with van der Waals surface area (Å²) >= 11 is 0. The normalized spacial score (nSPS) is 17.2. The third-order valence-electron chi connectivity index (χ3n) is 5.67. The lowest BCUT2D eigenvalue weighted by Crippen LogP contribution is -2.28. The summed E-state index contributed by atoms with van der Waals surface area (Å²) in [4.78, 5) is 31.2. The van der Waals surface area contributed by atoms with E-state index < -0.39 is 11.8 Å². The number of primary amides is 1. The van der Waals surface area contributed by atoms with Crippen LogP contribution in [0.2, 0.25) is 0 Å². The number of aromatic amines is 2. The number of rotatable bonds is 4. The van der Waals surface area contributed by atoms with Crippen molar-refractivity contribution in [2.75, 3.05) is 5.32 Å². The van der Waals surface area contributed by atoms with E-state index in [-0.39, 0.29) is 17.6 Å². The zero-order chi connectivity index (χ0) is 20.7. The Morgan fingerprint density at radius 1 is 1.03 bits per heavy atom. The number of aromatic nitrogens is 4. The van der Waals surface area contributed by atoms with Crippen LogP contribution in [0.1, 0.15) is 40.0 Å². The molecule has 1 aliphatic rings. The number of fused-ring (bicyclic) bond motifs is 3. The lowest BCUT2D eigenvalue weighted by atomic mass is 9.82. The highest BCUT2D eigenvalue weighted by Crippen LogP contribution is 2.38. The second-order valence-electron chi connectivity index (χ2n) is 7.47. The van der Waals surface area contributed by atoms with Gasteiger partial charge in [-0.2, -0.15) is 0 Å². The van der Waals surface area contributed by atoms with E-state index in [2.05, 4.69) is 25.5 Å². The van der Waals surface area contributed by atoms with Crippen LogP contribution in [0, 0.1) is 5.92 Å². The van der Waals surface area contributed by atoms with E-state index in [9.17, 15) is 9.59 Å². The van der Waals surface area contributed by atoms with Crippen LogP contribution in [0.5, 0.6) is 0 Å². The van der Waals surface area contributed by atoms with E-state index in [0.717, 1.165) is 27.8 Å². The number of H-pyrrole nitrogens is 2. The molecule has 8 nitrogen and oxygen atoms in total. The first kappa shape index (κ1) is 18.1. The molecule has 0 fully saturated rings. The van der Waals surface area contributed by atoms with Crippen molar-refractivity contribution >= 4 is 28.4 Å². The van der Waals surface area contributed by atoms with Gasteiger partial charge < -0.3 is 21.0 Å². The number of anilines is 1. The summed E-state index contributed by atoms with van der Waals surface area (Å²) in [5.74, 6) is -1.14. The van der Waals surface area contributed by atoms with Gasteiger partial charge in [0.25, 0.3) is 5.91 Å². The van der Waals surface area contributed by atoms with E-state index in [1.54, 1.807) is 0 Å². The maximum absolute atomic E-state index is 13.4. The van der Waals surface area contributed by atoms with E-state index in [4.69, 9.17) is 5.73 Å². The Balaban J connectivity index is 1.55. The second-order valence-corrected chi connectivity index (χ2v) is 7.47. The van der Waals surface area contributed by atoms with Crippen LogP contribution >= 0.6 is 0 Å². The van der Waals surface area contributed by atoms with Gasteiger partial charge in [-0.3, -0.25) is 9.59 Å². The summed E-state index contributed by atoms with van der Waals surface area (Å²) < 4.78 is 0. The molecule has 2 atom stereocenters. The molecular weight excluding hydrogens is 380 g/mol. The fraction of sp³-hybridized carbons (Fsp3) is 0.182. The summed E-state index contributed by atoms with van der Waals surface area (Å²) in [6.45, 7) is 0. The van der Waals surface area contributed by atoms with Crippen molar-refractivity contribution in [1.82, 2.24) is 20.2 Å². The molecule has 1 aliphatic heterocycles. The monoisotopic (exact) mass is 400 g/mol. The molecule has 2 aromatic heterocycles. The maximum Gasteiger partial charge on any atom is 0.286 e. The van der Waals surface area contributed by atoms with Crippen molar-refractivity contribution in [3.8, 4) is 0 Å². The molecule has 0 saturated heterocycles. The predicted octanol–water partition coefficient (Wildman–Crippen LogP) is 2.72. The van der Waals surface area contributed by atoms with Gasteiger partial charge in [-0.15, -0.1) is 10.2 Å². The predicted molar refractivity (Wildman–Crippen MR) is 112 cm³/mol. The number of hydrogen-bond donors (Lipinski definition) is 4. The van der Waals surface area contributed by atoms with E-state index in [0.29, 0.717) is 18.7 Å². The minimum Gasteiger partial charge on any atom is -0.363 e. The van der Waals surface area contributed by atoms with Gasteiger partial charge in [-0.05, 0) is 24.5 Å². The minimum absolute atomic E-state index is 0.0174. The molecule has 5 N–H and O–H groups in total.